The maximum atomic E-state index is 11.9. The number of rotatable bonds is 6. The molecule has 1 atom stereocenters. The highest BCUT2D eigenvalue weighted by molar-refractivity contribution is 5.88. The fourth-order valence-corrected chi connectivity index (χ4v) is 3.04. The van der Waals surface area contributed by atoms with Crippen LogP contribution in [0.15, 0.2) is 40.9 Å². The van der Waals surface area contributed by atoms with Gasteiger partial charge in [-0.2, -0.15) is 0 Å². The van der Waals surface area contributed by atoms with Gasteiger partial charge in [-0.15, -0.1) is 0 Å². The molecule has 1 aromatic carbocycles. The molecule has 0 radical (unpaired) electrons. The van der Waals surface area contributed by atoms with Gasteiger partial charge >= 0.3 is 6.03 Å². The minimum atomic E-state index is -0.231. The number of nitrogens with zero attached hydrogens (tertiary/aromatic N) is 2. The molecule has 0 unspecified atom stereocenters. The number of anilines is 1. The van der Waals surface area contributed by atoms with Crippen LogP contribution in [0.25, 0.3) is 0 Å². The summed E-state index contributed by atoms with van der Waals surface area (Å²) in [6.07, 6.45) is 2.20. The van der Waals surface area contributed by atoms with Gasteiger partial charge in [-0.05, 0) is 37.8 Å². The summed E-state index contributed by atoms with van der Waals surface area (Å²) in [5, 5.41) is 9.34. The van der Waals surface area contributed by atoms with E-state index in [2.05, 4.69) is 45.0 Å². The summed E-state index contributed by atoms with van der Waals surface area (Å²) < 4.78 is 4.92. The van der Waals surface area contributed by atoms with Crippen LogP contribution in [0.5, 0.6) is 0 Å². The highest BCUT2D eigenvalue weighted by atomic mass is 16.5. The second-order valence-corrected chi connectivity index (χ2v) is 6.35. The maximum absolute atomic E-state index is 11.9. The zero-order chi connectivity index (χ0) is 16.8. The van der Waals surface area contributed by atoms with Crippen molar-refractivity contribution in [2.45, 2.75) is 19.8 Å². The molecular formula is C18H24N4O2. The standard InChI is InChI=1S/C18H24N4O2/c1-14-11-17(21-24-14)20-18(23)19-12-16-8-10-22(13-16)9-7-15-5-3-2-4-6-15/h2-6,11,16H,7-10,12-13H2,1H3,(H2,19,20,21,23)/t16-/m1/s1. The van der Waals surface area contributed by atoms with Crippen molar-refractivity contribution in [3.05, 3.63) is 47.7 Å². The molecule has 1 fully saturated rings. The summed E-state index contributed by atoms with van der Waals surface area (Å²) in [6, 6.07) is 12.0. The van der Waals surface area contributed by atoms with Gasteiger partial charge in [0, 0.05) is 25.7 Å². The van der Waals surface area contributed by atoms with E-state index in [1.165, 1.54) is 5.56 Å². The van der Waals surface area contributed by atoms with Gasteiger partial charge in [-0.1, -0.05) is 35.5 Å². The van der Waals surface area contributed by atoms with Crippen LogP contribution in [0.1, 0.15) is 17.7 Å². The highest BCUT2D eigenvalue weighted by Crippen LogP contribution is 2.16. The van der Waals surface area contributed by atoms with E-state index in [4.69, 9.17) is 4.52 Å². The molecule has 128 valence electrons. The molecule has 1 saturated heterocycles. The van der Waals surface area contributed by atoms with E-state index in [1.54, 1.807) is 13.0 Å². The van der Waals surface area contributed by atoms with Crippen LogP contribution in [0.3, 0.4) is 0 Å². The van der Waals surface area contributed by atoms with E-state index in [9.17, 15) is 4.79 Å². The third-order valence-corrected chi connectivity index (χ3v) is 4.35. The molecule has 2 heterocycles. The van der Waals surface area contributed by atoms with Crippen molar-refractivity contribution >= 4 is 11.8 Å². The van der Waals surface area contributed by atoms with Gasteiger partial charge in [-0.25, -0.2) is 4.79 Å². The molecule has 2 N–H and O–H groups in total. The predicted molar refractivity (Wildman–Crippen MR) is 93.0 cm³/mol. The molecule has 3 rings (SSSR count). The second-order valence-electron chi connectivity index (χ2n) is 6.35. The fourth-order valence-electron chi connectivity index (χ4n) is 3.04. The van der Waals surface area contributed by atoms with Gasteiger partial charge in [-0.3, -0.25) is 5.32 Å². The summed E-state index contributed by atoms with van der Waals surface area (Å²) in [7, 11) is 0. The summed E-state index contributed by atoms with van der Waals surface area (Å²) in [5.74, 6) is 1.63. The molecule has 1 aliphatic heterocycles. The van der Waals surface area contributed by atoms with Gasteiger partial charge in [0.15, 0.2) is 5.82 Å². The van der Waals surface area contributed by atoms with Crippen molar-refractivity contribution in [3.8, 4) is 0 Å². The first-order valence-corrected chi connectivity index (χ1v) is 8.43. The maximum Gasteiger partial charge on any atom is 0.320 e. The Bertz CT molecular complexity index is 656. The Morgan fingerprint density at radius 1 is 1.38 bits per heavy atom. The lowest BCUT2D eigenvalue weighted by Crippen LogP contribution is -2.34. The molecule has 6 nitrogen and oxygen atoms in total. The van der Waals surface area contributed by atoms with Gasteiger partial charge in [0.2, 0.25) is 0 Å². The quantitative estimate of drug-likeness (QED) is 0.855. The normalized spacial score (nSPS) is 17.8. The number of carbonyl (C=O) groups excluding carboxylic acids is 1. The minimum absolute atomic E-state index is 0.231. The number of hydrogen-bond acceptors (Lipinski definition) is 4. The van der Waals surface area contributed by atoms with E-state index < -0.39 is 0 Å². The smallest absolute Gasteiger partial charge is 0.320 e. The Morgan fingerprint density at radius 3 is 2.96 bits per heavy atom. The average molecular weight is 328 g/mol. The number of urea groups is 1. The molecule has 1 aliphatic rings. The van der Waals surface area contributed by atoms with Crippen LogP contribution in [0.4, 0.5) is 10.6 Å². The Hall–Kier alpha value is -2.34. The molecule has 0 saturated carbocycles. The number of nitrogens with one attached hydrogen (secondary N) is 2. The lowest BCUT2D eigenvalue weighted by Gasteiger charge is -2.16. The van der Waals surface area contributed by atoms with E-state index in [0.717, 1.165) is 32.5 Å². The van der Waals surface area contributed by atoms with E-state index in [-0.39, 0.29) is 6.03 Å². The van der Waals surface area contributed by atoms with E-state index in [1.807, 2.05) is 6.07 Å². The van der Waals surface area contributed by atoms with Crippen LogP contribution in [0.2, 0.25) is 0 Å². The Labute approximate surface area is 142 Å². The van der Waals surface area contributed by atoms with Crippen molar-refractivity contribution in [3.63, 3.8) is 0 Å². The Kier molecular flexibility index (Phi) is 5.48. The number of hydrogen-bond donors (Lipinski definition) is 2. The third-order valence-electron chi connectivity index (χ3n) is 4.35. The van der Waals surface area contributed by atoms with Crippen molar-refractivity contribution in [1.29, 1.82) is 0 Å². The van der Waals surface area contributed by atoms with Crippen molar-refractivity contribution in [2.75, 3.05) is 31.5 Å². The Morgan fingerprint density at radius 2 is 2.21 bits per heavy atom. The van der Waals surface area contributed by atoms with Crippen LogP contribution < -0.4 is 10.6 Å². The van der Waals surface area contributed by atoms with Gasteiger partial charge in [0.25, 0.3) is 0 Å². The molecule has 0 spiro atoms. The number of benzene rings is 1. The minimum Gasteiger partial charge on any atom is -0.360 e. The molecule has 0 aliphatic carbocycles. The zero-order valence-corrected chi connectivity index (χ0v) is 14.0. The SMILES string of the molecule is Cc1cc(NC(=O)NC[C@H]2CCN(CCc3ccccc3)C2)no1. The van der Waals surface area contributed by atoms with Gasteiger partial charge in [0.05, 0.1) is 0 Å². The van der Waals surface area contributed by atoms with Crippen molar-refractivity contribution < 1.29 is 9.32 Å². The topological polar surface area (TPSA) is 70.4 Å². The first-order chi connectivity index (χ1) is 11.7. The second kappa shape index (κ2) is 7.97. The molecule has 2 amide bonds. The number of aryl methyl sites for hydroxylation is 1. The first-order valence-electron chi connectivity index (χ1n) is 8.43. The predicted octanol–water partition coefficient (Wildman–Crippen LogP) is 2.67. The van der Waals surface area contributed by atoms with Crippen molar-refractivity contribution in [1.82, 2.24) is 15.4 Å². The summed E-state index contributed by atoms with van der Waals surface area (Å²) in [6.45, 7) is 5.69. The zero-order valence-electron chi connectivity index (χ0n) is 14.0. The van der Waals surface area contributed by atoms with Crippen LogP contribution in [-0.4, -0.2) is 42.3 Å². The molecule has 2 aromatic rings. The monoisotopic (exact) mass is 328 g/mol. The van der Waals surface area contributed by atoms with Crippen molar-refractivity contribution in [2.24, 2.45) is 5.92 Å². The summed E-state index contributed by atoms with van der Waals surface area (Å²) in [4.78, 5) is 14.3. The molecule has 24 heavy (non-hydrogen) atoms. The first kappa shape index (κ1) is 16.5. The molecular weight excluding hydrogens is 304 g/mol. The molecule has 6 heteroatoms. The van der Waals surface area contributed by atoms with E-state index >= 15 is 0 Å². The molecule has 1 aromatic heterocycles. The summed E-state index contributed by atoms with van der Waals surface area (Å²) >= 11 is 0. The van der Waals surface area contributed by atoms with Gasteiger partial charge < -0.3 is 14.7 Å². The average Bonchev–Trinajstić information content (AvgIpc) is 3.21. The highest BCUT2D eigenvalue weighted by Gasteiger charge is 2.22. The lowest BCUT2D eigenvalue weighted by atomic mass is 10.1. The van der Waals surface area contributed by atoms with E-state index in [0.29, 0.717) is 24.0 Å². The fraction of sp³-hybridized carbons (Fsp3) is 0.444. The number of aromatic nitrogens is 1. The van der Waals surface area contributed by atoms with Gasteiger partial charge in [0.1, 0.15) is 5.76 Å². The Balaban J connectivity index is 1.34. The lowest BCUT2D eigenvalue weighted by molar-refractivity contribution is 0.249. The number of likely N-dealkylation sites (tertiary alicyclic amines) is 1. The summed E-state index contributed by atoms with van der Waals surface area (Å²) in [5.41, 5.74) is 1.38. The largest absolute Gasteiger partial charge is 0.360 e. The van der Waals surface area contributed by atoms with Crippen LogP contribution in [0, 0.1) is 12.8 Å². The van der Waals surface area contributed by atoms with Crippen LogP contribution >= 0.6 is 0 Å². The molecule has 0 bridgehead atoms. The number of amides is 2. The third kappa shape index (κ3) is 4.83. The van der Waals surface area contributed by atoms with Crippen LogP contribution in [-0.2, 0) is 6.42 Å². The number of carbonyl (C=O) groups is 1.